The quantitative estimate of drug-likeness (QED) is 0.223. The summed E-state index contributed by atoms with van der Waals surface area (Å²) in [6.07, 6.45) is 0.655. The highest BCUT2D eigenvalue weighted by atomic mass is 16.6. The number of hydrogen-bond donors (Lipinski definition) is 0. The molecular formula is C19H19NO6. The lowest BCUT2D eigenvalue weighted by Crippen LogP contribution is -2.07. The topological polar surface area (TPSA) is 95.7 Å². The highest BCUT2D eigenvalue weighted by Crippen LogP contribution is 2.15. The lowest BCUT2D eigenvalue weighted by Gasteiger charge is -2.07. The van der Waals surface area contributed by atoms with E-state index in [9.17, 15) is 19.7 Å². The van der Waals surface area contributed by atoms with Gasteiger partial charge in [-0.2, -0.15) is 0 Å². The van der Waals surface area contributed by atoms with Crippen LogP contribution in [0.25, 0.3) is 0 Å². The smallest absolute Gasteiger partial charge is 0.306 e. The van der Waals surface area contributed by atoms with Crippen molar-refractivity contribution >= 4 is 17.4 Å². The summed E-state index contributed by atoms with van der Waals surface area (Å²) in [5.41, 5.74) is 1.14. The van der Waals surface area contributed by atoms with Crippen molar-refractivity contribution in [3.8, 4) is 5.75 Å². The Bertz CT molecular complexity index is 785. The summed E-state index contributed by atoms with van der Waals surface area (Å²) in [4.78, 5) is 33.1. The van der Waals surface area contributed by atoms with Crippen LogP contribution in [0.5, 0.6) is 5.75 Å². The average Bonchev–Trinajstić information content (AvgIpc) is 2.64. The van der Waals surface area contributed by atoms with Gasteiger partial charge in [0.15, 0.2) is 5.78 Å². The van der Waals surface area contributed by atoms with Crippen molar-refractivity contribution in [2.45, 2.75) is 26.4 Å². The number of nitro groups is 1. The maximum atomic E-state index is 11.7. The van der Waals surface area contributed by atoms with Crippen molar-refractivity contribution in [2.24, 2.45) is 0 Å². The van der Waals surface area contributed by atoms with E-state index in [1.807, 2.05) is 0 Å². The first-order valence-electron chi connectivity index (χ1n) is 8.08. The molecule has 0 spiro atoms. The van der Waals surface area contributed by atoms with Crippen molar-refractivity contribution in [3.05, 3.63) is 69.8 Å². The minimum atomic E-state index is -0.494. The Balaban J connectivity index is 1.68. The van der Waals surface area contributed by atoms with Crippen LogP contribution in [0, 0.1) is 10.1 Å². The summed E-state index contributed by atoms with van der Waals surface area (Å²) in [5.74, 6) is 0.218. The van der Waals surface area contributed by atoms with Gasteiger partial charge in [0.05, 0.1) is 11.5 Å². The molecule has 0 heterocycles. The number of hydrogen-bond acceptors (Lipinski definition) is 6. The molecule has 0 unspecified atom stereocenters. The van der Waals surface area contributed by atoms with Crippen LogP contribution in [-0.2, 0) is 16.1 Å². The number of benzene rings is 2. The van der Waals surface area contributed by atoms with Crippen molar-refractivity contribution in [1.29, 1.82) is 0 Å². The lowest BCUT2D eigenvalue weighted by atomic mass is 10.1. The number of carbonyl (C=O) groups is 2. The van der Waals surface area contributed by atoms with Crippen molar-refractivity contribution in [3.63, 3.8) is 0 Å². The molecule has 0 saturated carbocycles. The fourth-order valence-corrected chi connectivity index (χ4v) is 2.19. The third-order valence-corrected chi connectivity index (χ3v) is 3.58. The molecule has 2 rings (SSSR count). The second-order valence-corrected chi connectivity index (χ2v) is 5.62. The van der Waals surface area contributed by atoms with Gasteiger partial charge < -0.3 is 9.47 Å². The predicted molar refractivity (Wildman–Crippen MR) is 94.1 cm³/mol. The highest BCUT2D eigenvalue weighted by molar-refractivity contribution is 5.94. The fourth-order valence-electron chi connectivity index (χ4n) is 2.19. The molecule has 0 saturated heterocycles. The number of nitro benzene ring substituents is 1. The van der Waals surface area contributed by atoms with Gasteiger partial charge in [0.25, 0.3) is 5.69 Å². The van der Waals surface area contributed by atoms with Gasteiger partial charge in [0.2, 0.25) is 0 Å². The Hall–Kier alpha value is -3.22. The van der Waals surface area contributed by atoms with E-state index in [0.717, 1.165) is 0 Å². The molecule has 7 heteroatoms. The van der Waals surface area contributed by atoms with Gasteiger partial charge in [-0.3, -0.25) is 19.7 Å². The summed E-state index contributed by atoms with van der Waals surface area (Å²) in [6, 6.07) is 12.7. The molecule has 136 valence electrons. The summed E-state index contributed by atoms with van der Waals surface area (Å²) in [5, 5.41) is 10.7. The maximum Gasteiger partial charge on any atom is 0.306 e. The normalized spacial score (nSPS) is 10.2. The molecule has 0 aliphatic carbocycles. The molecule has 26 heavy (non-hydrogen) atoms. The Morgan fingerprint density at radius 2 is 1.85 bits per heavy atom. The van der Waals surface area contributed by atoms with Crippen molar-refractivity contribution in [2.75, 3.05) is 6.61 Å². The van der Waals surface area contributed by atoms with Gasteiger partial charge in [-0.25, -0.2) is 0 Å². The van der Waals surface area contributed by atoms with Gasteiger partial charge in [0, 0.05) is 24.1 Å². The van der Waals surface area contributed by atoms with E-state index in [2.05, 4.69) is 0 Å². The standard InChI is InChI=1S/C19H19NO6/c1-14(21)16-7-9-18(10-8-16)25-11-3-6-19(22)26-13-15-4-2-5-17(12-15)20(23)24/h2,4-5,7-10,12H,3,6,11,13H2,1H3. The molecule has 7 nitrogen and oxygen atoms in total. The van der Waals surface area contributed by atoms with Crippen LogP contribution in [0.15, 0.2) is 48.5 Å². The molecule has 0 fully saturated rings. The number of Topliss-reactive ketones (excluding diaryl/α,β-unsaturated/α-hetero) is 1. The van der Waals surface area contributed by atoms with Gasteiger partial charge in [-0.05, 0) is 43.2 Å². The van der Waals surface area contributed by atoms with E-state index < -0.39 is 10.9 Å². The van der Waals surface area contributed by atoms with E-state index in [1.165, 1.54) is 19.1 Å². The number of nitrogens with zero attached hydrogens (tertiary/aromatic N) is 1. The number of esters is 1. The molecule has 2 aromatic carbocycles. The molecule has 0 aliphatic heterocycles. The largest absolute Gasteiger partial charge is 0.494 e. The molecule has 0 N–H and O–H groups in total. The lowest BCUT2D eigenvalue weighted by molar-refractivity contribution is -0.384. The fraction of sp³-hybridized carbons (Fsp3) is 0.263. The Morgan fingerprint density at radius 1 is 1.12 bits per heavy atom. The zero-order valence-electron chi connectivity index (χ0n) is 14.3. The molecule has 0 aromatic heterocycles. The van der Waals surface area contributed by atoms with Gasteiger partial charge in [-0.1, -0.05) is 12.1 Å². The van der Waals surface area contributed by atoms with Crippen LogP contribution < -0.4 is 4.74 Å². The van der Waals surface area contributed by atoms with E-state index in [-0.39, 0.29) is 24.5 Å². The molecule has 0 atom stereocenters. The summed E-state index contributed by atoms with van der Waals surface area (Å²) in [6.45, 7) is 1.83. The second-order valence-electron chi connectivity index (χ2n) is 5.62. The first kappa shape index (κ1) is 19.1. The molecule has 0 bridgehead atoms. The van der Waals surface area contributed by atoms with Crippen LogP contribution in [0.2, 0.25) is 0 Å². The molecule has 0 amide bonds. The Kier molecular flexibility index (Phi) is 6.84. The van der Waals surface area contributed by atoms with Crippen LogP contribution in [0.4, 0.5) is 5.69 Å². The van der Waals surface area contributed by atoms with Crippen LogP contribution >= 0.6 is 0 Å². The number of carbonyl (C=O) groups excluding carboxylic acids is 2. The zero-order valence-corrected chi connectivity index (χ0v) is 14.3. The van der Waals surface area contributed by atoms with Crippen LogP contribution in [0.1, 0.15) is 35.7 Å². The van der Waals surface area contributed by atoms with Gasteiger partial charge >= 0.3 is 5.97 Å². The summed E-state index contributed by atoms with van der Waals surface area (Å²) >= 11 is 0. The first-order valence-corrected chi connectivity index (χ1v) is 8.08. The van der Waals surface area contributed by atoms with E-state index >= 15 is 0 Å². The van der Waals surface area contributed by atoms with Gasteiger partial charge in [0.1, 0.15) is 12.4 Å². The average molecular weight is 357 g/mol. The predicted octanol–water partition coefficient (Wildman–Crippen LogP) is 3.70. The highest BCUT2D eigenvalue weighted by Gasteiger charge is 2.08. The van der Waals surface area contributed by atoms with Crippen molar-refractivity contribution in [1.82, 2.24) is 0 Å². The number of non-ortho nitro benzene ring substituents is 1. The minimum Gasteiger partial charge on any atom is -0.494 e. The third-order valence-electron chi connectivity index (χ3n) is 3.58. The van der Waals surface area contributed by atoms with Crippen molar-refractivity contribution < 1.29 is 24.0 Å². The Labute approximate surface area is 150 Å². The molecule has 0 radical (unpaired) electrons. The summed E-state index contributed by atoms with van der Waals surface area (Å²) < 4.78 is 10.6. The van der Waals surface area contributed by atoms with Crippen LogP contribution in [0.3, 0.4) is 0 Å². The van der Waals surface area contributed by atoms with Crippen LogP contribution in [-0.4, -0.2) is 23.3 Å². The SMILES string of the molecule is CC(=O)c1ccc(OCCCC(=O)OCc2cccc([N+](=O)[O-])c2)cc1. The Morgan fingerprint density at radius 3 is 2.50 bits per heavy atom. The number of ether oxygens (including phenoxy) is 2. The number of rotatable bonds is 9. The van der Waals surface area contributed by atoms with E-state index in [1.54, 1.807) is 36.4 Å². The van der Waals surface area contributed by atoms with E-state index in [0.29, 0.717) is 29.9 Å². The molecular weight excluding hydrogens is 338 g/mol. The second kappa shape index (κ2) is 9.31. The molecule has 0 aliphatic rings. The zero-order chi connectivity index (χ0) is 18.9. The number of ketones is 1. The molecule has 2 aromatic rings. The van der Waals surface area contributed by atoms with E-state index in [4.69, 9.17) is 9.47 Å². The summed E-state index contributed by atoms with van der Waals surface area (Å²) in [7, 11) is 0. The van der Waals surface area contributed by atoms with Gasteiger partial charge in [-0.15, -0.1) is 0 Å². The third kappa shape index (κ3) is 6.01. The monoisotopic (exact) mass is 357 g/mol. The maximum absolute atomic E-state index is 11.7. The minimum absolute atomic E-state index is 0.00607. The first-order chi connectivity index (χ1) is 12.5.